The van der Waals surface area contributed by atoms with Crippen LogP contribution in [-0.2, 0) is 16.0 Å². The van der Waals surface area contributed by atoms with Crippen molar-refractivity contribution in [3.63, 3.8) is 0 Å². The lowest BCUT2D eigenvalue weighted by Crippen LogP contribution is -2.30. The molecule has 0 unspecified atom stereocenters. The van der Waals surface area contributed by atoms with Gasteiger partial charge in [0, 0.05) is 12.1 Å². The summed E-state index contributed by atoms with van der Waals surface area (Å²) in [7, 11) is 0. The fourth-order valence-electron chi connectivity index (χ4n) is 2.55. The zero-order valence-electron chi connectivity index (χ0n) is 14.6. The van der Waals surface area contributed by atoms with E-state index in [4.69, 9.17) is 14.2 Å². The Morgan fingerprint density at radius 3 is 2.52 bits per heavy atom. The molecule has 0 atom stereocenters. The molecule has 1 aliphatic heterocycles. The summed E-state index contributed by atoms with van der Waals surface area (Å²) in [5.74, 6) is 0.432. The molecule has 3 rings (SSSR count). The monoisotopic (exact) mass is 369 g/mol. The summed E-state index contributed by atoms with van der Waals surface area (Å²) >= 11 is 0. The van der Waals surface area contributed by atoms with E-state index < -0.39 is 5.97 Å². The third kappa shape index (κ3) is 5.07. The second-order valence-electron chi connectivity index (χ2n) is 5.89. The number of hydrogen-bond acceptors (Lipinski definition) is 6. The van der Waals surface area contributed by atoms with Crippen LogP contribution in [0.25, 0.3) is 0 Å². The molecule has 0 bridgehead atoms. The van der Waals surface area contributed by atoms with E-state index in [1.807, 2.05) is 18.2 Å². The average molecular weight is 369 g/mol. The molecule has 1 amide bonds. The average Bonchev–Trinajstić information content (AvgIpc) is 2.72. The molecular weight excluding hydrogens is 350 g/mol. The molecule has 2 aromatic carbocycles. The first-order chi connectivity index (χ1) is 13.2. The Hall–Kier alpha value is -3.35. The van der Waals surface area contributed by atoms with Gasteiger partial charge in [0.05, 0.1) is 5.56 Å². The van der Waals surface area contributed by atoms with Crippen LogP contribution in [0.15, 0.2) is 42.5 Å². The van der Waals surface area contributed by atoms with Crippen LogP contribution in [0.1, 0.15) is 26.3 Å². The number of benzene rings is 2. The van der Waals surface area contributed by atoms with E-state index in [1.165, 1.54) is 24.3 Å². The van der Waals surface area contributed by atoms with Crippen LogP contribution in [0.2, 0.25) is 0 Å². The number of carbonyl (C=O) groups excluding carboxylic acids is 3. The Morgan fingerprint density at radius 2 is 1.78 bits per heavy atom. The largest absolute Gasteiger partial charge is 0.486 e. The van der Waals surface area contributed by atoms with Gasteiger partial charge in [-0.3, -0.25) is 9.59 Å². The van der Waals surface area contributed by atoms with Gasteiger partial charge in [0.2, 0.25) is 0 Å². The van der Waals surface area contributed by atoms with Crippen LogP contribution in [0.5, 0.6) is 11.5 Å². The highest BCUT2D eigenvalue weighted by molar-refractivity contribution is 5.92. The van der Waals surface area contributed by atoms with Gasteiger partial charge in [-0.1, -0.05) is 18.2 Å². The van der Waals surface area contributed by atoms with Gasteiger partial charge in [-0.05, 0) is 36.2 Å². The number of hydrogen-bond donors (Lipinski definition) is 1. The smallest absolute Gasteiger partial charge is 0.338 e. The molecule has 0 saturated carbocycles. The fourth-order valence-corrected chi connectivity index (χ4v) is 2.55. The minimum Gasteiger partial charge on any atom is -0.486 e. The van der Waals surface area contributed by atoms with E-state index in [1.54, 1.807) is 0 Å². The number of nitrogens with one attached hydrogen (secondary N) is 1. The Morgan fingerprint density at radius 1 is 1.04 bits per heavy atom. The second kappa shape index (κ2) is 8.84. The van der Waals surface area contributed by atoms with Crippen molar-refractivity contribution < 1.29 is 28.6 Å². The van der Waals surface area contributed by atoms with Gasteiger partial charge in [-0.25, -0.2) is 4.79 Å². The maximum absolute atomic E-state index is 11.9. The molecule has 0 radical (unpaired) electrons. The highest BCUT2D eigenvalue weighted by Gasteiger charge is 2.12. The molecule has 0 spiro atoms. The van der Waals surface area contributed by atoms with E-state index in [-0.39, 0.29) is 18.1 Å². The Balaban J connectivity index is 1.40. The maximum Gasteiger partial charge on any atom is 0.338 e. The van der Waals surface area contributed by atoms with Crippen molar-refractivity contribution in [2.24, 2.45) is 0 Å². The molecule has 0 aliphatic carbocycles. The molecule has 1 N–H and O–H groups in total. The van der Waals surface area contributed by atoms with Crippen molar-refractivity contribution in [3.05, 3.63) is 59.2 Å². The molecule has 0 saturated heterocycles. The van der Waals surface area contributed by atoms with E-state index in [9.17, 15) is 14.4 Å². The lowest BCUT2D eigenvalue weighted by Gasteiger charge is -2.18. The van der Waals surface area contributed by atoms with E-state index in [2.05, 4.69) is 5.32 Å². The summed E-state index contributed by atoms with van der Waals surface area (Å²) < 4.78 is 16.0. The minimum absolute atomic E-state index is 0.282. The van der Waals surface area contributed by atoms with Gasteiger partial charge in [-0.15, -0.1) is 0 Å². The maximum atomic E-state index is 11.9. The number of esters is 1. The van der Waals surface area contributed by atoms with E-state index in [0.717, 1.165) is 11.3 Å². The first-order valence-corrected chi connectivity index (χ1v) is 8.53. The Kier molecular flexibility index (Phi) is 6.04. The van der Waals surface area contributed by atoms with Crippen LogP contribution in [0, 0.1) is 0 Å². The molecule has 2 aromatic rings. The van der Waals surface area contributed by atoms with Crippen molar-refractivity contribution >= 4 is 18.2 Å². The molecule has 0 fully saturated rings. The summed E-state index contributed by atoms with van der Waals surface area (Å²) in [5.41, 5.74) is 1.75. The van der Waals surface area contributed by atoms with Gasteiger partial charge < -0.3 is 19.5 Å². The topological polar surface area (TPSA) is 90.9 Å². The number of amides is 1. The van der Waals surface area contributed by atoms with Crippen LogP contribution in [0.3, 0.4) is 0 Å². The zero-order chi connectivity index (χ0) is 19.1. The van der Waals surface area contributed by atoms with Crippen LogP contribution in [-0.4, -0.2) is 44.5 Å². The Bertz CT molecular complexity index is 831. The van der Waals surface area contributed by atoms with Gasteiger partial charge in [0.1, 0.15) is 19.5 Å². The minimum atomic E-state index is -0.616. The van der Waals surface area contributed by atoms with Crippen LogP contribution < -0.4 is 14.8 Å². The summed E-state index contributed by atoms with van der Waals surface area (Å²) in [6, 6.07) is 11.6. The predicted octanol–water partition coefficient (Wildman–Crippen LogP) is 1.79. The quantitative estimate of drug-likeness (QED) is 0.591. The van der Waals surface area contributed by atoms with E-state index in [0.29, 0.717) is 43.8 Å². The number of aldehydes is 1. The number of ether oxygens (including phenoxy) is 3. The molecule has 0 aromatic heterocycles. The van der Waals surface area contributed by atoms with Gasteiger partial charge in [0.15, 0.2) is 18.1 Å². The molecular formula is C20H19NO6. The first kappa shape index (κ1) is 18.4. The third-order valence-corrected chi connectivity index (χ3v) is 3.96. The first-order valence-electron chi connectivity index (χ1n) is 8.53. The molecule has 1 heterocycles. The molecule has 1 aliphatic rings. The third-order valence-electron chi connectivity index (χ3n) is 3.96. The van der Waals surface area contributed by atoms with Gasteiger partial charge in [-0.2, -0.15) is 0 Å². The van der Waals surface area contributed by atoms with Crippen molar-refractivity contribution in [2.45, 2.75) is 6.42 Å². The molecule has 7 nitrogen and oxygen atoms in total. The predicted molar refractivity (Wildman–Crippen MR) is 96.3 cm³/mol. The number of fused-ring (bicyclic) bond motifs is 1. The summed E-state index contributed by atoms with van der Waals surface area (Å²) in [6.45, 7) is 1.11. The fraction of sp³-hybridized carbons (Fsp3) is 0.250. The normalized spacial score (nSPS) is 12.1. The summed E-state index contributed by atoms with van der Waals surface area (Å²) in [4.78, 5) is 34.3. The van der Waals surface area contributed by atoms with Crippen molar-refractivity contribution in [1.29, 1.82) is 0 Å². The number of rotatable bonds is 7. The SMILES string of the molecule is O=Cc1ccc(C(=O)OCC(=O)NCCc2ccc3c(c2)OCCO3)cc1. The van der Waals surface area contributed by atoms with Crippen LogP contribution >= 0.6 is 0 Å². The highest BCUT2D eigenvalue weighted by Crippen LogP contribution is 2.30. The lowest BCUT2D eigenvalue weighted by molar-refractivity contribution is -0.124. The van der Waals surface area contributed by atoms with Crippen LogP contribution in [0.4, 0.5) is 0 Å². The molecule has 7 heteroatoms. The number of carbonyl (C=O) groups is 3. The highest BCUT2D eigenvalue weighted by atomic mass is 16.6. The zero-order valence-corrected chi connectivity index (χ0v) is 14.6. The van der Waals surface area contributed by atoms with Crippen molar-refractivity contribution in [3.8, 4) is 11.5 Å². The van der Waals surface area contributed by atoms with Crippen molar-refractivity contribution in [1.82, 2.24) is 5.32 Å². The second-order valence-corrected chi connectivity index (χ2v) is 5.89. The summed E-state index contributed by atoms with van der Waals surface area (Å²) in [5, 5.41) is 2.70. The lowest BCUT2D eigenvalue weighted by atomic mass is 10.1. The van der Waals surface area contributed by atoms with E-state index >= 15 is 0 Å². The molecule has 27 heavy (non-hydrogen) atoms. The summed E-state index contributed by atoms with van der Waals surface area (Å²) in [6.07, 6.45) is 1.30. The van der Waals surface area contributed by atoms with Gasteiger partial charge >= 0.3 is 5.97 Å². The standard InChI is InChI=1S/C20H19NO6/c22-12-15-1-4-16(5-2-15)20(24)27-13-19(23)21-8-7-14-3-6-17-18(11-14)26-10-9-25-17/h1-6,11-12H,7-10,13H2,(H,21,23). The Labute approximate surface area is 156 Å². The molecule has 140 valence electrons. The van der Waals surface area contributed by atoms with Crippen molar-refractivity contribution in [2.75, 3.05) is 26.4 Å². The van der Waals surface area contributed by atoms with Gasteiger partial charge in [0.25, 0.3) is 5.91 Å².